The van der Waals surface area contributed by atoms with Crippen LogP contribution in [0, 0.1) is 11.6 Å². The van der Waals surface area contributed by atoms with Crippen LogP contribution in [0.1, 0.15) is 25.5 Å². The minimum absolute atomic E-state index is 0. The van der Waals surface area contributed by atoms with E-state index in [4.69, 9.17) is 0 Å². The van der Waals surface area contributed by atoms with Crippen LogP contribution in [-0.4, -0.2) is 40.3 Å². The molecule has 0 fully saturated rings. The van der Waals surface area contributed by atoms with Crippen LogP contribution in [0.4, 0.5) is 8.78 Å². The van der Waals surface area contributed by atoms with Gasteiger partial charge in [-0.1, -0.05) is 6.07 Å². The Morgan fingerprint density at radius 2 is 1.96 bits per heavy atom. The Morgan fingerprint density at radius 1 is 1.29 bits per heavy atom. The van der Waals surface area contributed by atoms with Crippen molar-refractivity contribution in [1.82, 2.24) is 15.4 Å². The molecule has 0 aliphatic carbocycles. The molecule has 0 aliphatic heterocycles. The SMILES string of the molecule is CCNC(=NCCNS(C)(=O)=O)NC(C)c1ccc(F)c(F)c1.I. The van der Waals surface area contributed by atoms with E-state index < -0.39 is 21.7 Å². The van der Waals surface area contributed by atoms with Crippen molar-refractivity contribution in [1.29, 1.82) is 0 Å². The Hall–Kier alpha value is -1.01. The van der Waals surface area contributed by atoms with Crippen LogP contribution in [0.25, 0.3) is 0 Å². The summed E-state index contributed by atoms with van der Waals surface area (Å²) in [7, 11) is -3.25. The molecule has 0 spiro atoms. The molecule has 10 heteroatoms. The van der Waals surface area contributed by atoms with Gasteiger partial charge in [-0.15, -0.1) is 24.0 Å². The maximum absolute atomic E-state index is 13.3. The number of rotatable bonds is 7. The van der Waals surface area contributed by atoms with Crippen molar-refractivity contribution in [3.05, 3.63) is 35.4 Å². The molecule has 0 saturated carbocycles. The number of benzene rings is 1. The molecule has 0 radical (unpaired) electrons. The third-order valence-corrected chi connectivity index (χ3v) is 3.62. The zero-order chi connectivity index (χ0) is 17.5. The molecule has 3 N–H and O–H groups in total. The van der Waals surface area contributed by atoms with Gasteiger partial charge in [-0.2, -0.15) is 0 Å². The smallest absolute Gasteiger partial charge is 0.208 e. The van der Waals surface area contributed by atoms with Gasteiger partial charge in [0.1, 0.15) is 0 Å². The Kier molecular flexibility index (Phi) is 10.3. The van der Waals surface area contributed by atoms with Crippen molar-refractivity contribution in [2.75, 3.05) is 25.9 Å². The summed E-state index contributed by atoms with van der Waals surface area (Å²) in [5.41, 5.74) is 0.573. The molecule has 1 aromatic rings. The maximum atomic E-state index is 13.3. The summed E-state index contributed by atoms with van der Waals surface area (Å²) in [6.45, 7) is 4.69. The fourth-order valence-corrected chi connectivity index (χ4v) is 2.25. The second-order valence-corrected chi connectivity index (χ2v) is 6.80. The van der Waals surface area contributed by atoms with Gasteiger partial charge in [0.25, 0.3) is 0 Å². The summed E-state index contributed by atoms with van der Waals surface area (Å²) >= 11 is 0. The van der Waals surface area contributed by atoms with Gasteiger partial charge in [-0.05, 0) is 31.5 Å². The zero-order valence-corrected chi connectivity index (χ0v) is 16.9. The van der Waals surface area contributed by atoms with Crippen molar-refractivity contribution in [2.24, 2.45) is 4.99 Å². The molecule has 1 rings (SSSR count). The molecule has 0 saturated heterocycles. The van der Waals surface area contributed by atoms with Crippen molar-refractivity contribution >= 4 is 40.0 Å². The highest BCUT2D eigenvalue weighted by Crippen LogP contribution is 2.15. The molecule has 138 valence electrons. The van der Waals surface area contributed by atoms with Gasteiger partial charge in [0, 0.05) is 13.1 Å². The number of aliphatic imine (C=N–C) groups is 1. The largest absolute Gasteiger partial charge is 0.357 e. The number of guanidine groups is 1. The number of nitrogens with zero attached hydrogens (tertiary/aromatic N) is 1. The van der Waals surface area contributed by atoms with E-state index in [9.17, 15) is 17.2 Å². The standard InChI is InChI=1S/C14H22F2N4O2S.HI/c1-4-17-14(18-7-8-19-23(3,21)22)20-10(2)11-5-6-12(15)13(16)9-11;/h5-6,9-10,19H,4,7-8H2,1-3H3,(H2,17,18,20);1H. The average Bonchev–Trinajstić information content (AvgIpc) is 2.45. The lowest BCUT2D eigenvalue weighted by molar-refractivity contribution is 0.504. The number of nitrogens with one attached hydrogen (secondary N) is 3. The van der Waals surface area contributed by atoms with E-state index in [2.05, 4.69) is 20.3 Å². The zero-order valence-electron chi connectivity index (χ0n) is 13.8. The Labute approximate surface area is 158 Å². The van der Waals surface area contributed by atoms with Crippen molar-refractivity contribution in [3.8, 4) is 0 Å². The lowest BCUT2D eigenvalue weighted by Crippen LogP contribution is -2.39. The second kappa shape index (κ2) is 10.8. The predicted octanol–water partition coefficient (Wildman–Crippen LogP) is 1.75. The van der Waals surface area contributed by atoms with Crippen LogP contribution in [0.15, 0.2) is 23.2 Å². The van der Waals surface area contributed by atoms with E-state index in [0.29, 0.717) is 18.1 Å². The number of sulfonamides is 1. The van der Waals surface area contributed by atoms with Gasteiger partial charge in [0.15, 0.2) is 17.6 Å². The van der Waals surface area contributed by atoms with Gasteiger partial charge in [0.2, 0.25) is 10.0 Å². The van der Waals surface area contributed by atoms with E-state index in [1.807, 2.05) is 6.92 Å². The summed E-state index contributed by atoms with van der Waals surface area (Å²) < 4.78 is 50.5. The Balaban J connectivity index is 0.00000529. The molecule has 1 atom stereocenters. The van der Waals surface area contributed by atoms with Crippen LogP contribution in [-0.2, 0) is 10.0 Å². The van der Waals surface area contributed by atoms with Crippen molar-refractivity contribution in [3.63, 3.8) is 0 Å². The highest BCUT2D eigenvalue weighted by atomic mass is 127. The lowest BCUT2D eigenvalue weighted by atomic mass is 10.1. The van der Waals surface area contributed by atoms with Gasteiger partial charge in [0.05, 0.1) is 18.8 Å². The number of hydrogen-bond acceptors (Lipinski definition) is 3. The highest BCUT2D eigenvalue weighted by Gasteiger charge is 2.10. The van der Waals surface area contributed by atoms with Crippen LogP contribution in [0.3, 0.4) is 0 Å². The summed E-state index contributed by atoms with van der Waals surface area (Å²) in [6, 6.07) is 3.39. The first-order valence-electron chi connectivity index (χ1n) is 7.17. The van der Waals surface area contributed by atoms with E-state index in [-0.39, 0.29) is 43.1 Å². The summed E-state index contributed by atoms with van der Waals surface area (Å²) in [5, 5.41) is 6.05. The summed E-state index contributed by atoms with van der Waals surface area (Å²) in [4.78, 5) is 4.22. The topological polar surface area (TPSA) is 82.6 Å². The van der Waals surface area contributed by atoms with Crippen LogP contribution in [0.2, 0.25) is 0 Å². The quantitative estimate of drug-likeness (QED) is 0.243. The minimum atomic E-state index is -3.25. The number of halogens is 3. The molecular weight excluding hydrogens is 453 g/mol. The predicted molar refractivity (Wildman–Crippen MR) is 102 cm³/mol. The monoisotopic (exact) mass is 476 g/mol. The van der Waals surface area contributed by atoms with E-state index in [0.717, 1.165) is 18.4 Å². The fourth-order valence-electron chi connectivity index (χ4n) is 1.79. The van der Waals surface area contributed by atoms with Gasteiger partial charge < -0.3 is 10.6 Å². The van der Waals surface area contributed by atoms with Gasteiger partial charge in [-0.25, -0.2) is 21.9 Å². The summed E-state index contributed by atoms with van der Waals surface area (Å²) in [5.74, 6) is -1.34. The molecule has 1 unspecified atom stereocenters. The Bertz CT molecular complexity index is 656. The normalized spacial score (nSPS) is 13.1. The van der Waals surface area contributed by atoms with Crippen molar-refractivity contribution in [2.45, 2.75) is 19.9 Å². The first-order chi connectivity index (χ1) is 10.7. The summed E-state index contributed by atoms with van der Waals surface area (Å²) in [6.07, 6.45) is 1.07. The molecule has 0 heterocycles. The maximum Gasteiger partial charge on any atom is 0.208 e. The third-order valence-electron chi connectivity index (χ3n) is 2.89. The van der Waals surface area contributed by atoms with Crippen molar-refractivity contribution < 1.29 is 17.2 Å². The van der Waals surface area contributed by atoms with Crippen LogP contribution >= 0.6 is 24.0 Å². The highest BCUT2D eigenvalue weighted by molar-refractivity contribution is 14.0. The molecule has 0 bridgehead atoms. The Morgan fingerprint density at radius 3 is 2.50 bits per heavy atom. The first-order valence-corrected chi connectivity index (χ1v) is 9.06. The van der Waals surface area contributed by atoms with E-state index >= 15 is 0 Å². The van der Waals surface area contributed by atoms with Gasteiger partial charge >= 0.3 is 0 Å². The molecule has 1 aromatic carbocycles. The number of hydrogen-bond donors (Lipinski definition) is 3. The van der Waals surface area contributed by atoms with Crippen LogP contribution in [0.5, 0.6) is 0 Å². The van der Waals surface area contributed by atoms with Gasteiger partial charge in [-0.3, -0.25) is 4.99 Å². The molecule has 0 aliphatic rings. The molecule has 0 amide bonds. The lowest BCUT2D eigenvalue weighted by Gasteiger charge is -2.18. The molecule has 24 heavy (non-hydrogen) atoms. The fraction of sp³-hybridized carbons (Fsp3) is 0.500. The first kappa shape index (κ1) is 23.0. The van der Waals surface area contributed by atoms with Crippen LogP contribution < -0.4 is 15.4 Å². The molecular formula is C14H23F2IN4O2S. The minimum Gasteiger partial charge on any atom is -0.357 e. The molecule has 6 nitrogen and oxygen atoms in total. The van der Waals surface area contributed by atoms with E-state index in [1.54, 1.807) is 6.92 Å². The van der Waals surface area contributed by atoms with E-state index in [1.165, 1.54) is 6.07 Å². The molecule has 0 aromatic heterocycles. The third kappa shape index (κ3) is 8.73. The second-order valence-electron chi connectivity index (χ2n) is 4.97. The average molecular weight is 476 g/mol.